The Balaban J connectivity index is 1.66. The van der Waals surface area contributed by atoms with Gasteiger partial charge in [0.05, 0.1) is 35.8 Å². The van der Waals surface area contributed by atoms with Crippen LogP contribution in [0.2, 0.25) is 5.02 Å². The Labute approximate surface area is 225 Å². The molecular weight excluding hydrogens is 532 g/mol. The molecule has 1 saturated heterocycles. The zero-order chi connectivity index (χ0) is 26.2. The number of anilines is 2. The van der Waals surface area contributed by atoms with Crippen molar-refractivity contribution >= 4 is 50.3 Å². The van der Waals surface area contributed by atoms with E-state index in [0.717, 1.165) is 17.6 Å². The van der Waals surface area contributed by atoms with Crippen molar-refractivity contribution in [2.45, 2.75) is 12.1 Å². The van der Waals surface area contributed by atoms with E-state index < -0.39 is 10.0 Å². The second kappa shape index (κ2) is 10.0. The molecule has 190 valence electrons. The minimum absolute atomic E-state index is 0.303. The van der Waals surface area contributed by atoms with Crippen LogP contribution in [0, 0.1) is 0 Å². The van der Waals surface area contributed by atoms with E-state index in [-0.39, 0.29) is 12.1 Å². The first kappa shape index (κ1) is 25.0. The van der Waals surface area contributed by atoms with Gasteiger partial charge in [-0.15, -0.1) is 0 Å². The Hall–Kier alpha value is -3.67. The number of benzene rings is 1. The molecule has 2 atom stereocenters. The predicted octanol–water partition coefficient (Wildman–Crippen LogP) is 4.48. The lowest BCUT2D eigenvalue weighted by Gasteiger charge is -2.29. The molecule has 9 nitrogen and oxygen atoms in total. The van der Waals surface area contributed by atoms with Gasteiger partial charge in [0, 0.05) is 30.0 Å². The van der Waals surface area contributed by atoms with Crippen LogP contribution in [0.1, 0.15) is 23.5 Å². The molecule has 0 aliphatic carbocycles. The SMILES string of the molecule is COc1ccc(N2C(=S)NC(c3ccccn3)C2c2cccn2-c2ccc(Cl)cn2)cc1NS(C)(=O)=O. The highest BCUT2D eigenvalue weighted by Crippen LogP contribution is 2.43. The van der Waals surface area contributed by atoms with Crippen molar-refractivity contribution in [3.63, 3.8) is 0 Å². The van der Waals surface area contributed by atoms with Gasteiger partial charge in [0.25, 0.3) is 0 Å². The summed E-state index contributed by atoms with van der Waals surface area (Å²) in [5, 5.41) is 4.42. The minimum atomic E-state index is -3.55. The van der Waals surface area contributed by atoms with Crippen LogP contribution < -0.4 is 19.7 Å². The average molecular weight is 555 g/mol. The molecule has 2 N–H and O–H groups in total. The summed E-state index contributed by atoms with van der Waals surface area (Å²) in [6, 6.07) is 17.9. The summed E-state index contributed by atoms with van der Waals surface area (Å²) in [6.07, 6.45) is 6.35. The summed E-state index contributed by atoms with van der Waals surface area (Å²) in [5.74, 6) is 1.08. The van der Waals surface area contributed by atoms with Crippen LogP contribution in [-0.4, -0.2) is 41.4 Å². The van der Waals surface area contributed by atoms with Crippen molar-refractivity contribution in [3.8, 4) is 11.6 Å². The molecule has 0 amide bonds. The number of aromatic nitrogens is 3. The Morgan fingerprint density at radius 2 is 1.95 bits per heavy atom. The van der Waals surface area contributed by atoms with E-state index in [1.54, 1.807) is 30.6 Å². The fraction of sp³-hybridized carbons (Fsp3) is 0.160. The van der Waals surface area contributed by atoms with Crippen LogP contribution >= 0.6 is 23.8 Å². The molecule has 37 heavy (non-hydrogen) atoms. The molecule has 1 aliphatic rings. The first-order valence-corrected chi connectivity index (χ1v) is 13.9. The molecule has 1 aliphatic heterocycles. The van der Waals surface area contributed by atoms with E-state index in [0.29, 0.717) is 33.1 Å². The maximum absolute atomic E-state index is 12.0. The van der Waals surface area contributed by atoms with Gasteiger partial charge in [-0.25, -0.2) is 13.4 Å². The lowest BCUT2D eigenvalue weighted by Crippen LogP contribution is -2.30. The Morgan fingerprint density at radius 1 is 1.11 bits per heavy atom. The first-order chi connectivity index (χ1) is 17.7. The van der Waals surface area contributed by atoms with Crippen molar-refractivity contribution in [1.29, 1.82) is 0 Å². The second-order valence-corrected chi connectivity index (χ2v) is 11.0. The van der Waals surface area contributed by atoms with Crippen molar-refractivity contribution in [1.82, 2.24) is 19.9 Å². The molecule has 1 aromatic carbocycles. The zero-order valence-corrected chi connectivity index (χ0v) is 22.3. The number of pyridine rings is 2. The van der Waals surface area contributed by atoms with Gasteiger partial charge in [-0.05, 0) is 66.8 Å². The molecule has 4 aromatic rings. The standard InChI is InChI=1S/C25H23ClN6O3S2/c1-35-21-10-9-17(14-19(21)30-37(2,33)34)32-24(23(29-25(32)36)18-6-3-4-12-27-18)20-7-5-13-31(20)22-11-8-16(26)15-28-22/h3-15,23-24,30H,1-2H3,(H,29,36). The molecule has 1 fully saturated rings. The first-order valence-electron chi connectivity index (χ1n) is 11.2. The lowest BCUT2D eigenvalue weighted by atomic mass is 10.0. The van der Waals surface area contributed by atoms with Gasteiger partial charge in [-0.1, -0.05) is 17.7 Å². The fourth-order valence-electron chi connectivity index (χ4n) is 4.41. The van der Waals surface area contributed by atoms with Crippen molar-refractivity contribution < 1.29 is 13.2 Å². The zero-order valence-electron chi connectivity index (χ0n) is 19.9. The van der Waals surface area contributed by atoms with Crippen LogP contribution in [0.5, 0.6) is 5.75 Å². The van der Waals surface area contributed by atoms with Gasteiger partial charge in [-0.3, -0.25) is 9.71 Å². The molecule has 0 saturated carbocycles. The van der Waals surface area contributed by atoms with Crippen molar-refractivity contribution in [2.75, 3.05) is 23.0 Å². The lowest BCUT2D eigenvalue weighted by molar-refractivity contribution is 0.417. The molecule has 0 radical (unpaired) electrons. The molecular formula is C25H23ClN6O3S2. The number of nitrogens with one attached hydrogen (secondary N) is 2. The van der Waals surface area contributed by atoms with Gasteiger partial charge in [0.2, 0.25) is 10.0 Å². The highest BCUT2D eigenvalue weighted by Gasteiger charge is 2.42. The largest absolute Gasteiger partial charge is 0.495 e. The normalized spacial score (nSPS) is 17.5. The van der Waals surface area contributed by atoms with Crippen LogP contribution in [0.3, 0.4) is 0 Å². The number of halogens is 1. The number of methoxy groups -OCH3 is 1. The maximum Gasteiger partial charge on any atom is 0.229 e. The van der Waals surface area contributed by atoms with E-state index in [9.17, 15) is 8.42 Å². The van der Waals surface area contributed by atoms with Gasteiger partial charge >= 0.3 is 0 Å². The Bertz CT molecular complexity index is 1540. The van der Waals surface area contributed by atoms with Crippen molar-refractivity contribution in [2.24, 2.45) is 0 Å². The number of thiocarbonyl (C=S) groups is 1. The van der Waals surface area contributed by atoms with Crippen LogP contribution in [0.4, 0.5) is 11.4 Å². The third-order valence-electron chi connectivity index (χ3n) is 5.90. The molecule has 2 unspecified atom stereocenters. The molecule has 3 aromatic heterocycles. The van der Waals surface area contributed by atoms with E-state index >= 15 is 0 Å². The average Bonchev–Trinajstić information content (AvgIpc) is 3.48. The van der Waals surface area contributed by atoms with Crippen LogP contribution in [0.25, 0.3) is 5.82 Å². The number of hydrogen-bond donors (Lipinski definition) is 2. The molecule has 0 spiro atoms. The summed E-state index contributed by atoms with van der Waals surface area (Å²) >= 11 is 11.9. The molecule has 5 rings (SSSR count). The number of hydrogen-bond acceptors (Lipinski definition) is 6. The summed E-state index contributed by atoms with van der Waals surface area (Å²) in [4.78, 5) is 11.0. The third kappa shape index (κ3) is 5.10. The van der Waals surface area contributed by atoms with Crippen LogP contribution in [-0.2, 0) is 10.0 Å². The predicted molar refractivity (Wildman–Crippen MR) is 148 cm³/mol. The highest BCUT2D eigenvalue weighted by atomic mass is 35.5. The van der Waals surface area contributed by atoms with Gasteiger partial charge < -0.3 is 19.5 Å². The van der Waals surface area contributed by atoms with Gasteiger partial charge in [0.1, 0.15) is 17.6 Å². The summed E-state index contributed by atoms with van der Waals surface area (Å²) in [5.41, 5.74) is 2.67. The van der Waals surface area contributed by atoms with E-state index in [4.69, 9.17) is 28.6 Å². The minimum Gasteiger partial charge on any atom is -0.495 e. The Morgan fingerprint density at radius 3 is 2.62 bits per heavy atom. The maximum atomic E-state index is 12.0. The smallest absolute Gasteiger partial charge is 0.229 e. The fourth-order valence-corrected chi connectivity index (χ4v) is 5.43. The molecule has 0 bridgehead atoms. The number of nitrogens with zero attached hydrogens (tertiary/aromatic N) is 4. The van der Waals surface area contributed by atoms with Crippen molar-refractivity contribution in [3.05, 3.63) is 95.7 Å². The number of rotatable bonds is 7. The topological polar surface area (TPSA) is 101 Å². The summed E-state index contributed by atoms with van der Waals surface area (Å²) < 4.78 is 34.0. The number of sulfonamides is 1. The highest BCUT2D eigenvalue weighted by molar-refractivity contribution is 7.92. The summed E-state index contributed by atoms with van der Waals surface area (Å²) in [7, 11) is -2.07. The summed E-state index contributed by atoms with van der Waals surface area (Å²) in [6.45, 7) is 0. The molecule has 4 heterocycles. The number of ether oxygens (including phenoxy) is 1. The Kier molecular flexibility index (Phi) is 6.76. The van der Waals surface area contributed by atoms with E-state index in [2.05, 4.69) is 20.0 Å². The quantitative estimate of drug-likeness (QED) is 0.323. The van der Waals surface area contributed by atoms with E-state index in [1.165, 1.54) is 7.11 Å². The van der Waals surface area contributed by atoms with Gasteiger partial charge in [-0.2, -0.15) is 0 Å². The monoisotopic (exact) mass is 554 g/mol. The van der Waals surface area contributed by atoms with Gasteiger partial charge in [0.15, 0.2) is 5.11 Å². The van der Waals surface area contributed by atoms with Crippen LogP contribution in [0.15, 0.2) is 79.3 Å². The third-order valence-corrected chi connectivity index (χ3v) is 7.03. The van der Waals surface area contributed by atoms with E-state index in [1.807, 2.05) is 58.1 Å². The second-order valence-electron chi connectivity index (χ2n) is 8.39. The molecule has 12 heteroatoms.